The zero-order valence-electron chi connectivity index (χ0n) is 11.9. The van der Waals surface area contributed by atoms with Gasteiger partial charge in [-0.25, -0.2) is 20.1 Å². The fourth-order valence-electron chi connectivity index (χ4n) is 2.24. The van der Waals surface area contributed by atoms with Crippen molar-refractivity contribution in [2.75, 3.05) is 5.01 Å². The topological polar surface area (TPSA) is 95.8 Å². The molecule has 0 saturated carbocycles. The second-order valence-corrected chi connectivity index (χ2v) is 5.97. The van der Waals surface area contributed by atoms with Crippen LogP contribution in [-0.2, 0) is 4.79 Å². The van der Waals surface area contributed by atoms with E-state index in [9.17, 15) is 19.7 Å². The minimum Gasteiger partial charge on any atom is -0.275 e. The maximum Gasteiger partial charge on any atom is 0.347 e. The predicted molar refractivity (Wildman–Crippen MR) is 80.7 cm³/mol. The number of halogens is 2. The highest BCUT2D eigenvalue weighted by Crippen LogP contribution is 2.38. The molecule has 2 rings (SSSR count). The number of carbonyl (C=O) groups is 2. The van der Waals surface area contributed by atoms with Gasteiger partial charge in [-0.15, -0.1) is 0 Å². The average Bonchev–Trinajstić information content (AvgIpc) is 2.58. The zero-order valence-corrected chi connectivity index (χ0v) is 13.4. The van der Waals surface area contributed by atoms with Crippen LogP contribution >= 0.6 is 23.2 Å². The number of hydrogen-bond donors (Lipinski definition) is 1. The van der Waals surface area contributed by atoms with E-state index in [-0.39, 0.29) is 15.7 Å². The minimum atomic E-state index is -0.999. The summed E-state index contributed by atoms with van der Waals surface area (Å²) >= 11 is 11.8. The van der Waals surface area contributed by atoms with Crippen LogP contribution in [0.3, 0.4) is 0 Å². The smallest absolute Gasteiger partial charge is 0.275 e. The van der Waals surface area contributed by atoms with Crippen molar-refractivity contribution in [3.63, 3.8) is 0 Å². The van der Waals surface area contributed by atoms with E-state index >= 15 is 0 Å². The Morgan fingerprint density at radius 3 is 2.36 bits per heavy atom. The highest BCUT2D eigenvalue weighted by atomic mass is 35.5. The highest BCUT2D eigenvalue weighted by Gasteiger charge is 2.46. The molecule has 3 amide bonds. The molecule has 8 nitrogen and oxygen atoms in total. The van der Waals surface area contributed by atoms with E-state index in [0.29, 0.717) is 0 Å². The summed E-state index contributed by atoms with van der Waals surface area (Å²) in [5, 5.41) is 11.9. The van der Waals surface area contributed by atoms with Crippen molar-refractivity contribution < 1.29 is 14.5 Å². The molecule has 0 aromatic heterocycles. The Kier molecular flexibility index (Phi) is 4.03. The SMILES string of the molecule is CC(=O)N1C(=O)N(c2cc([N+](=O)[O-])c(Cl)cc2Cl)NC1(C)C. The van der Waals surface area contributed by atoms with Crippen molar-refractivity contribution in [1.29, 1.82) is 0 Å². The number of hydrogen-bond acceptors (Lipinski definition) is 5. The van der Waals surface area contributed by atoms with Crippen LogP contribution in [0.5, 0.6) is 0 Å². The second-order valence-electron chi connectivity index (χ2n) is 5.16. The van der Waals surface area contributed by atoms with E-state index in [1.165, 1.54) is 13.0 Å². The Morgan fingerprint density at radius 2 is 1.91 bits per heavy atom. The molecule has 1 heterocycles. The third-order valence-electron chi connectivity index (χ3n) is 3.10. The van der Waals surface area contributed by atoms with Crippen LogP contribution in [0.15, 0.2) is 12.1 Å². The standard InChI is InChI=1S/C12H12Cl2N4O4/c1-6(19)16-11(20)17(15-12(16,2)3)9-5-10(18(21)22)8(14)4-7(9)13/h4-5,15H,1-3H3. The van der Waals surface area contributed by atoms with Crippen LogP contribution in [0.1, 0.15) is 20.8 Å². The number of imide groups is 1. The molecular weight excluding hydrogens is 335 g/mol. The largest absolute Gasteiger partial charge is 0.347 e. The van der Waals surface area contributed by atoms with Gasteiger partial charge >= 0.3 is 6.03 Å². The number of nitrogens with zero attached hydrogens (tertiary/aromatic N) is 3. The summed E-state index contributed by atoms with van der Waals surface area (Å²) < 4.78 is 0. The molecule has 0 radical (unpaired) electrons. The van der Waals surface area contributed by atoms with Gasteiger partial charge in [0.25, 0.3) is 5.69 Å². The van der Waals surface area contributed by atoms with Crippen LogP contribution in [0.25, 0.3) is 0 Å². The zero-order chi connectivity index (χ0) is 16.8. The van der Waals surface area contributed by atoms with Gasteiger partial charge in [0.1, 0.15) is 10.7 Å². The third kappa shape index (κ3) is 2.60. The fraction of sp³-hybridized carbons (Fsp3) is 0.333. The lowest BCUT2D eigenvalue weighted by Gasteiger charge is -2.26. The van der Waals surface area contributed by atoms with E-state index in [1.54, 1.807) is 13.8 Å². The molecule has 118 valence electrons. The lowest BCUT2D eigenvalue weighted by molar-refractivity contribution is -0.384. The maximum absolute atomic E-state index is 12.4. The molecule has 1 fully saturated rings. The summed E-state index contributed by atoms with van der Waals surface area (Å²) in [5.74, 6) is -0.468. The molecule has 1 aromatic carbocycles. The number of carbonyl (C=O) groups excluding carboxylic acids is 2. The molecule has 1 aliphatic heterocycles. The lowest BCUT2D eigenvalue weighted by atomic mass is 10.2. The Hall–Kier alpha value is -1.90. The summed E-state index contributed by atoms with van der Waals surface area (Å²) in [6, 6.07) is 1.57. The van der Waals surface area contributed by atoms with E-state index in [4.69, 9.17) is 23.2 Å². The van der Waals surface area contributed by atoms with Gasteiger partial charge in [0, 0.05) is 13.0 Å². The summed E-state index contributed by atoms with van der Waals surface area (Å²) in [6.07, 6.45) is 0. The van der Waals surface area contributed by atoms with Crippen molar-refractivity contribution in [2.45, 2.75) is 26.4 Å². The van der Waals surface area contributed by atoms with E-state index in [2.05, 4.69) is 5.43 Å². The van der Waals surface area contributed by atoms with Crippen molar-refractivity contribution in [2.24, 2.45) is 0 Å². The van der Waals surface area contributed by atoms with Crippen LogP contribution in [0.2, 0.25) is 10.0 Å². The minimum absolute atomic E-state index is 0.0395. The van der Waals surface area contributed by atoms with Crippen molar-refractivity contribution in [1.82, 2.24) is 10.3 Å². The Balaban J connectivity index is 2.54. The number of urea groups is 1. The van der Waals surface area contributed by atoms with Crippen molar-refractivity contribution in [3.05, 3.63) is 32.3 Å². The van der Waals surface area contributed by atoms with Gasteiger partial charge < -0.3 is 0 Å². The molecule has 0 aliphatic carbocycles. The first-order valence-electron chi connectivity index (χ1n) is 6.12. The normalized spacial score (nSPS) is 17.0. The monoisotopic (exact) mass is 346 g/mol. The number of nitro groups is 1. The summed E-state index contributed by atoms with van der Waals surface area (Å²) in [6.45, 7) is 4.48. The van der Waals surface area contributed by atoms with E-state index < -0.39 is 28.2 Å². The second kappa shape index (κ2) is 5.38. The molecule has 1 aliphatic rings. The number of nitro benzene ring substituents is 1. The molecule has 0 spiro atoms. The fourth-order valence-corrected chi connectivity index (χ4v) is 2.78. The van der Waals surface area contributed by atoms with Gasteiger partial charge in [-0.2, -0.15) is 0 Å². The molecule has 1 N–H and O–H groups in total. The van der Waals surface area contributed by atoms with E-state index in [0.717, 1.165) is 16.0 Å². The van der Waals surface area contributed by atoms with Crippen LogP contribution in [-0.4, -0.2) is 27.4 Å². The average molecular weight is 347 g/mol. The van der Waals surface area contributed by atoms with Gasteiger partial charge in [0.2, 0.25) is 5.91 Å². The molecule has 1 aromatic rings. The van der Waals surface area contributed by atoms with Gasteiger partial charge in [-0.05, 0) is 19.9 Å². The third-order valence-corrected chi connectivity index (χ3v) is 3.70. The number of nitrogens with one attached hydrogen (secondary N) is 1. The molecule has 0 bridgehead atoms. The van der Waals surface area contributed by atoms with Crippen LogP contribution in [0, 0.1) is 10.1 Å². The first kappa shape index (κ1) is 16.5. The van der Waals surface area contributed by atoms with Crippen LogP contribution in [0.4, 0.5) is 16.2 Å². The Labute approximate surface area is 135 Å². The quantitative estimate of drug-likeness (QED) is 0.655. The summed E-state index contributed by atoms with van der Waals surface area (Å²) in [5.41, 5.74) is 1.44. The number of amides is 3. The number of benzene rings is 1. The molecule has 1 saturated heterocycles. The Morgan fingerprint density at radius 1 is 1.32 bits per heavy atom. The molecule has 0 unspecified atom stereocenters. The maximum atomic E-state index is 12.4. The summed E-state index contributed by atoms with van der Waals surface area (Å²) in [4.78, 5) is 35.3. The van der Waals surface area contributed by atoms with Crippen LogP contribution < -0.4 is 10.4 Å². The van der Waals surface area contributed by atoms with Gasteiger partial charge in [0.15, 0.2) is 0 Å². The number of hydrazine groups is 1. The van der Waals surface area contributed by atoms with Crippen molar-refractivity contribution >= 4 is 46.5 Å². The lowest BCUT2D eigenvalue weighted by Crippen LogP contribution is -2.49. The first-order chi connectivity index (χ1) is 10.1. The van der Waals surface area contributed by atoms with Crippen molar-refractivity contribution in [3.8, 4) is 0 Å². The molecular formula is C12H12Cl2N4O4. The summed E-state index contributed by atoms with van der Waals surface area (Å²) in [7, 11) is 0. The molecule has 22 heavy (non-hydrogen) atoms. The van der Waals surface area contributed by atoms with Gasteiger partial charge in [-0.1, -0.05) is 23.2 Å². The highest BCUT2D eigenvalue weighted by molar-refractivity contribution is 6.38. The Bertz CT molecular complexity index is 692. The van der Waals surface area contributed by atoms with Gasteiger partial charge in [0.05, 0.1) is 15.6 Å². The number of anilines is 1. The molecule has 0 atom stereocenters. The number of rotatable bonds is 2. The van der Waals surface area contributed by atoms with E-state index in [1.807, 2.05) is 0 Å². The first-order valence-corrected chi connectivity index (χ1v) is 6.88. The van der Waals surface area contributed by atoms with Gasteiger partial charge in [-0.3, -0.25) is 14.9 Å². The molecule has 10 heteroatoms. The predicted octanol–water partition coefficient (Wildman–Crippen LogP) is 2.93.